The Labute approximate surface area is 201 Å². The largest absolute Gasteiger partial charge is 0.385 e. The first-order valence-electron chi connectivity index (χ1n) is 11.3. The van der Waals surface area contributed by atoms with Gasteiger partial charge in [-0.25, -0.2) is 0 Å². The summed E-state index contributed by atoms with van der Waals surface area (Å²) >= 11 is 1.66. The average Bonchev–Trinajstić information content (AvgIpc) is 3.25. The van der Waals surface area contributed by atoms with E-state index in [-0.39, 0.29) is 0 Å². The molecular weight excluding hydrogens is 444 g/mol. The zero-order chi connectivity index (χ0) is 23.1. The molecule has 0 aliphatic carbocycles. The third-order valence-corrected chi connectivity index (χ3v) is 7.48. The zero-order valence-corrected chi connectivity index (χ0v) is 19.3. The lowest BCUT2D eigenvalue weighted by atomic mass is 9.87. The molecule has 34 heavy (non-hydrogen) atoms. The van der Waals surface area contributed by atoms with Crippen molar-refractivity contribution in [2.45, 2.75) is 28.2 Å². The van der Waals surface area contributed by atoms with E-state index in [1.165, 1.54) is 0 Å². The number of aliphatic hydroxyl groups is 1. The molecule has 6 nitrogen and oxygen atoms in total. The Morgan fingerprint density at radius 1 is 0.882 bits per heavy atom. The Morgan fingerprint density at radius 3 is 2.50 bits per heavy atom. The highest BCUT2D eigenvalue weighted by atomic mass is 32.2. The monoisotopic (exact) mass is 468 g/mol. The van der Waals surface area contributed by atoms with Crippen molar-refractivity contribution in [2.24, 2.45) is 0 Å². The number of nitrogens with zero attached hydrogens (tertiary/aromatic N) is 3. The van der Waals surface area contributed by atoms with Crippen molar-refractivity contribution < 1.29 is 9.84 Å². The number of pyridine rings is 1. The fourth-order valence-corrected chi connectivity index (χ4v) is 5.59. The lowest BCUT2D eigenvalue weighted by Crippen LogP contribution is -2.33. The van der Waals surface area contributed by atoms with E-state index in [9.17, 15) is 5.11 Å². The highest BCUT2D eigenvalue weighted by Gasteiger charge is 2.31. The second kappa shape index (κ2) is 8.43. The summed E-state index contributed by atoms with van der Waals surface area (Å²) in [5.41, 5.74) is 10.2. The Hall–Kier alpha value is -3.39. The number of ether oxygens (including phenoxy) is 1. The molecule has 170 valence electrons. The Morgan fingerprint density at radius 2 is 1.68 bits per heavy atom. The highest BCUT2D eigenvalue weighted by Crippen LogP contribution is 2.38. The second-order valence-corrected chi connectivity index (χ2v) is 9.78. The van der Waals surface area contributed by atoms with Crippen molar-refractivity contribution in [2.75, 3.05) is 18.9 Å². The van der Waals surface area contributed by atoms with Crippen molar-refractivity contribution in [3.8, 4) is 11.1 Å². The van der Waals surface area contributed by atoms with E-state index < -0.39 is 5.60 Å². The second-order valence-electron chi connectivity index (χ2n) is 8.63. The van der Waals surface area contributed by atoms with Gasteiger partial charge < -0.3 is 15.6 Å². The molecule has 1 saturated heterocycles. The summed E-state index contributed by atoms with van der Waals surface area (Å²) in [4.78, 5) is 2.15. The van der Waals surface area contributed by atoms with E-state index in [0.29, 0.717) is 32.0 Å². The van der Waals surface area contributed by atoms with Gasteiger partial charge in [0.1, 0.15) is 0 Å². The van der Waals surface area contributed by atoms with Gasteiger partial charge >= 0.3 is 0 Å². The first-order chi connectivity index (χ1) is 16.6. The number of aromatic nitrogens is 3. The first-order valence-corrected chi connectivity index (χ1v) is 12.1. The minimum atomic E-state index is -0.827. The van der Waals surface area contributed by atoms with Crippen LogP contribution in [0.4, 0.5) is 5.95 Å². The van der Waals surface area contributed by atoms with Crippen molar-refractivity contribution in [1.29, 1.82) is 0 Å². The summed E-state index contributed by atoms with van der Waals surface area (Å²) in [6.07, 6.45) is 1.23. The molecule has 1 aliphatic rings. The van der Waals surface area contributed by atoms with Crippen molar-refractivity contribution >= 4 is 34.3 Å². The van der Waals surface area contributed by atoms with Crippen LogP contribution in [0.2, 0.25) is 0 Å². The maximum absolute atomic E-state index is 11.1. The SMILES string of the molecule is Nc1nnc2cc(-c3ccccc3)c3ccc(Sc4cccc(C5(O)CCOCC5)c4)cc3n12. The molecule has 2 aromatic heterocycles. The molecule has 5 aromatic rings. The number of nitrogens with two attached hydrogens (primary N) is 1. The van der Waals surface area contributed by atoms with E-state index in [0.717, 1.165) is 43.0 Å². The topological polar surface area (TPSA) is 85.7 Å². The van der Waals surface area contributed by atoms with Crippen LogP contribution in [-0.4, -0.2) is 32.9 Å². The zero-order valence-electron chi connectivity index (χ0n) is 18.5. The van der Waals surface area contributed by atoms with Crippen molar-refractivity contribution in [3.05, 3.63) is 84.4 Å². The molecule has 6 rings (SSSR count). The Balaban J connectivity index is 1.43. The van der Waals surface area contributed by atoms with Crippen LogP contribution < -0.4 is 5.73 Å². The van der Waals surface area contributed by atoms with Gasteiger partial charge in [0.2, 0.25) is 5.95 Å². The van der Waals surface area contributed by atoms with Crippen LogP contribution in [-0.2, 0) is 10.3 Å². The number of fused-ring (bicyclic) bond motifs is 3. The third kappa shape index (κ3) is 3.72. The molecule has 7 heteroatoms. The summed E-state index contributed by atoms with van der Waals surface area (Å²) in [6, 6.07) is 26.9. The molecule has 0 amide bonds. The maximum Gasteiger partial charge on any atom is 0.226 e. The van der Waals surface area contributed by atoms with Crippen LogP contribution >= 0.6 is 11.8 Å². The summed E-state index contributed by atoms with van der Waals surface area (Å²) in [6.45, 7) is 1.16. The number of nitrogen functional groups attached to an aromatic ring is 1. The highest BCUT2D eigenvalue weighted by molar-refractivity contribution is 7.99. The van der Waals surface area contributed by atoms with Crippen LogP contribution in [0.5, 0.6) is 0 Å². The molecule has 3 heterocycles. The van der Waals surface area contributed by atoms with E-state index in [2.05, 4.69) is 52.7 Å². The van der Waals surface area contributed by atoms with Gasteiger partial charge in [0.15, 0.2) is 5.65 Å². The summed E-state index contributed by atoms with van der Waals surface area (Å²) in [5.74, 6) is 0.366. The van der Waals surface area contributed by atoms with Gasteiger partial charge in [-0.15, -0.1) is 10.2 Å². The van der Waals surface area contributed by atoms with E-state index in [4.69, 9.17) is 10.5 Å². The van der Waals surface area contributed by atoms with E-state index in [1.807, 2.05) is 40.8 Å². The summed E-state index contributed by atoms with van der Waals surface area (Å²) in [5, 5.41) is 20.6. The normalized spacial score (nSPS) is 15.7. The number of hydrogen-bond acceptors (Lipinski definition) is 6. The maximum atomic E-state index is 11.1. The minimum absolute atomic E-state index is 0.366. The Bertz CT molecular complexity index is 1490. The van der Waals surface area contributed by atoms with Crippen LogP contribution in [0.15, 0.2) is 88.7 Å². The molecular formula is C27H24N4O2S. The lowest BCUT2D eigenvalue weighted by molar-refractivity contribution is -0.0680. The smallest absolute Gasteiger partial charge is 0.226 e. The van der Waals surface area contributed by atoms with Gasteiger partial charge in [-0.2, -0.15) is 0 Å². The van der Waals surface area contributed by atoms with E-state index >= 15 is 0 Å². The molecule has 0 radical (unpaired) electrons. The number of hydrogen-bond donors (Lipinski definition) is 2. The van der Waals surface area contributed by atoms with Crippen LogP contribution in [0, 0.1) is 0 Å². The van der Waals surface area contributed by atoms with Gasteiger partial charge in [-0.1, -0.05) is 60.3 Å². The van der Waals surface area contributed by atoms with Crippen molar-refractivity contribution in [1.82, 2.24) is 14.6 Å². The molecule has 0 bridgehead atoms. The lowest BCUT2D eigenvalue weighted by Gasteiger charge is -2.32. The predicted molar refractivity (Wildman–Crippen MR) is 135 cm³/mol. The van der Waals surface area contributed by atoms with Gasteiger partial charge in [-0.3, -0.25) is 4.40 Å². The van der Waals surface area contributed by atoms with Gasteiger partial charge in [0.05, 0.1) is 11.1 Å². The standard InChI is InChI=1S/C27H24N4O2S/c28-26-30-29-25-17-23(18-5-2-1-3-6-18)22-10-9-21(16-24(22)31(25)26)34-20-8-4-7-19(15-20)27(32)11-13-33-14-12-27/h1-10,15-17,32H,11-14H2,(H2,28,30). The summed E-state index contributed by atoms with van der Waals surface area (Å²) in [7, 11) is 0. The molecule has 1 aliphatic heterocycles. The quantitative estimate of drug-likeness (QED) is 0.373. The summed E-state index contributed by atoms with van der Waals surface area (Å²) < 4.78 is 7.34. The van der Waals surface area contributed by atoms with Gasteiger partial charge in [0.25, 0.3) is 0 Å². The first kappa shape index (κ1) is 21.2. The van der Waals surface area contributed by atoms with Gasteiger partial charge in [-0.05, 0) is 47.0 Å². The van der Waals surface area contributed by atoms with Crippen LogP contribution in [0.1, 0.15) is 18.4 Å². The van der Waals surface area contributed by atoms with Crippen molar-refractivity contribution in [3.63, 3.8) is 0 Å². The molecule has 0 unspecified atom stereocenters. The minimum Gasteiger partial charge on any atom is -0.385 e. The number of benzene rings is 3. The van der Waals surface area contributed by atoms with E-state index in [1.54, 1.807) is 11.8 Å². The average molecular weight is 469 g/mol. The molecule has 0 spiro atoms. The third-order valence-electron chi connectivity index (χ3n) is 6.50. The molecule has 3 aromatic carbocycles. The molecule has 1 fully saturated rings. The van der Waals surface area contributed by atoms with Crippen LogP contribution in [0.25, 0.3) is 27.7 Å². The number of rotatable bonds is 4. The number of anilines is 1. The Kier molecular flexibility index (Phi) is 5.25. The predicted octanol–water partition coefficient (Wildman–Crippen LogP) is 5.28. The van der Waals surface area contributed by atoms with Crippen LogP contribution in [0.3, 0.4) is 0 Å². The molecule has 3 N–H and O–H groups in total. The molecule has 0 saturated carbocycles. The fraction of sp³-hybridized carbons (Fsp3) is 0.185. The fourth-order valence-electron chi connectivity index (χ4n) is 4.68. The molecule has 0 atom stereocenters. The van der Waals surface area contributed by atoms with Gasteiger partial charge in [0, 0.05) is 41.2 Å².